The van der Waals surface area contributed by atoms with Crippen molar-refractivity contribution in [2.45, 2.75) is 46.0 Å². The van der Waals surface area contributed by atoms with Crippen LogP contribution in [0.25, 0.3) is 0 Å². The molecule has 1 heteroatoms. The van der Waals surface area contributed by atoms with Crippen LogP contribution in [-0.4, -0.2) is 12.3 Å². The summed E-state index contributed by atoms with van der Waals surface area (Å²) >= 11 is 0. The highest BCUT2D eigenvalue weighted by atomic mass is 14.7. The lowest BCUT2D eigenvalue weighted by atomic mass is 9.89. The molecule has 0 amide bonds. The minimum Gasteiger partial charge on any atom is -0.294 e. The first-order valence-corrected chi connectivity index (χ1v) is 4.85. The van der Waals surface area contributed by atoms with Crippen LogP contribution in [0, 0.1) is 5.92 Å². The zero-order valence-corrected chi connectivity index (χ0v) is 7.77. The predicted molar refractivity (Wildman–Crippen MR) is 50.2 cm³/mol. The maximum absolute atomic E-state index is 4.57. The Hall–Kier alpha value is -0.330. The maximum atomic E-state index is 4.57. The molecule has 0 spiro atoms. The molecule has 0 aromatic carbocycles. The van der Waals surface area contributed by atoms with E-state index in [0.29, 0.717) is 0 Å². The minimum atomic E-state index is 0.888. The van der Waals surface area contributed by atoms with Crippen LogP contribution in [-0.2, 0) is 0 Å². The van der Waals surface area contributed by atoms with Crippen LogP contribution >= 0.6 is 0 Å². The Labute approximate surface area is 69.9 Å². The first kappa shape index (κ1) is 8.76. The molecular weight excluding hydrogens is 134 g/mol. The molecule has 0 bridgehead atoms. The quantitative estimate of drug-likeness (QED) is 0.578. The Morgan fingerprint density at radius 2 is 2.36 bits per heavy atom. The first-order chi connectivity index (χ1) is 5.33. The molecule has 1 rings (SSSR count). The Balaban J connectivity index is 2.32. The summed E-state index contributed by atoms with van der Waals surface area (Å²) in [5, 5.41) is 0. The topological polar surface area (TPSA) is 12.4 Å². The molecule has 0 radical (unpaired) electrons. The summed E-state index contributed by atoms with van der Waals surface area (Å²) in [6, 6.07) is 0. The van der Waals surface area contributed by atoms with Gasteiger partial charge in [-0.1, -0.05) is 13.8 Å². The van der Waals surface area contributed by atoms with Crippen molar-refractivity contribution in [2.24, 2.45) is 10.9 Å². The van der Waals surface area contributed by atoms with Gasteiger partial charge in [0.2, 0.25) is 0 Å². The lowest BCUT2D eigenvalue weighted by Crippen LogP contribution is -2.12. The summed E-state index contributed by atoms with van der Waals surface area (Å²) in [6.07, 6.45) is 6.50. The van der Waals surface area contributed by atoms with Gasteiger partial charge in [-0.3, -0.25) is 4.99 Å². The fraction of sp³-hybridized carbons (Fsp3) is 0.900. The smallest absolute Gasteiger partial charge is 0.0386 e. The Morgan fingerprint density at radius 3 is 3.00 bits per heavy atom. The molecule has 1 atom stereocenters. The van der Waals surface area contributed by atoms with E-state index < -0.39 is 0 Å². The molecule has 1 aliphatic carbocycles. The molecule has 0 aromatic rings. The summed E-state index contributed by atoms with van der Waals surface area (Å²) in [5.41, 5.74) is 1.48. The van der Waals surface area contributed by atoms with Gasteiger partial charge < -0.3 is 0 Å². The van der Waals surface area contributed by atoms with E-state index in [1.807, 2.05) is 0 Å². The van der Waals surface area contributed by atoms with Crippen LogP contribution in [0.15, 0.2) is 4.99 Å². The van der Waals surface area contributed by atoms with Crippen molar-refractivity contribution in [3.05, 3.63) is 0 Å². The van der Waals surface area contributed by atoms with Crippen molar-refractivity contribution in [1.29, 1.82) is 0 Å². The lowest BCUT2D eigenvalue weighted by molar-refractivity contribution is 0.499. The normalized spacial score (nSPS) is 29.3. The Bertz CT molecular complexity index is 138. The third-order valence-electron chi connectivity index (χ3n) is 2.31. The molecule has 0 aliphatic heterocycles. The lowest BCUT2D eigenvalue weighted by Gasteiger charge is -2.19. The number of hydrogen-bond donors (Lipinski definition) is 0. The van der Waals surface area contributed by atoms with Crippen LogP contribution in [0.1, 0.15) is 46.0 Å². The Morgan fingerprint density at radius 1 is 1.55 bits per heavy atom. The number of rotatable bonds is 2. The SMILES string of the molecule is CCCN=C1CCCC(C)C1. The van der Waals surface area contributed by atoms with Crippen molar-refractivity contribution >= 4 is 5.71 Å². The van der Waals surface area contributed by atoms with E-state index in [9.17, 15) is 0 Å². The summed E-state index contributed by atoms with van der Waals surface area (Å²) < 4.78 is 0. The molecule has 11 heavy (non-hydrogen) atoms. The van der Waals surface area contributed by atoms with Crippen molar-refractivity contribution in [1.82, 2.24) is 0 Å². The van der Waals surface area contributed by atoms with Crippen LogP contribution in [0.4, 0.5) is 0 Å². The molecule has 1 aliphatic rings. The summed E-state index contributed by atoms with van der Waals surface area (Å²) in [4.78, 5) is 4.57. The zero-order chi connectivity index (χ0) is 8.10. The van der Waals surface area contributed by atoms with Crippen molar-refractivity contribution < 1.29 is 0 Å². The van der Waals surface area contributed by atoms with E-state index in [1.54, 1.807) is 0 Å². The molecule has 0 aromatic heterocycles. The van der Waals surface area contributed by atoms with Crippen LogP contribution in [0.2, 0.25) is 0 Å². The van der Waals surface area contributed by atoms with Gasteiger partial charge in [0.1, 0.15) is 0 Å². The summed E-state index contributed by atoms with van der Waals surface area (Å²) in [6.45, 7) is 5.57. The van der Waals surface area contributed by atoms with E-state index >= 15 is 0 Å². The highest BCUT2D eigenvalue weighted by Gasteiger charge is 2.12. The van der Waals surface area contributed by atoms with E-state index in [-0.39, 0.29) is 0 Å². The van der Waals surface area contributed by atoms with Gasteiger partial charge in [0.15, 0.2) is 0 Å². The second-order valence-electron chi connectivity index (χ2n) is 3.65. The number of nitrogens with zero attached hydrogens (tertiary/aromatic N) is 1. The third-order valence-corrected chi connectivity index (χ3v) is 2.31. The van der Waals surface area contributed by atoms with E-state index in [1.165, 1.54) is 37.8 Å². The van der Waals surface area contributed by atoms with Gasteiger partial charge >= 0.3 is 0 Å². The molecule has 1 unspecified atom stereocenters. The van der Waals surface area contributed by atoms with Gasteiger partial charge in [0.05, 0.1) is 0 Å². The van der Waals surface area contributed by atoms with Crippen LogP contribution < -0.4 is 0 Å². The number of aliphatic imine (C=N–C) groups is 1. The van der Waals surface area contributed by atoms with Crippen LogP contribution in [0.5, 0.6) is 0 Å². The summed E-state index contributed by atoms with van der Waals surface area (Å²) in [5.74, 6) is 0.888. The largest absolute Gasteiger partial charge is 0.294 e. The second kappa shape index (κ2) is 4.53. The average Bonchev–Trinajstić information content (AvgIpc) is 2.01. The third kappa shape index (κ3) is 3.04. The predicted octanol–water partition coefficient (Wildman–Crippen LogP) is 3.05. The van der Waals surface area contributed by atoms with Gasteiger partial charge in [-0.25, -0.2) is 0 Å². The monoisotopic (exact) mass is 153 g/mol. The van der Waals surface area contributed by atoms with E-state index in [0.717, 1.165) is 12.5 Å². The van der Waals surface area contributed by atoms with Gasteiger partial charge in [-0.05, 0) is 38.0 Å². The Kier molecular flexibility index (Phi) is 3.61. The van der Waals surface area contributed by atoms with Gasteiger partial charge in [-0.2, -0.15) is 0 Å². The van der Waals surface area contributed by atoms with Gasteiger partial charge in [0, 0.05) is 12.3 Å². The first-order valence-electron chi connectivity index (χ1n) is 4.85. The molecule has 1 nitrogen and oxygen atoms in total. The van der Waals surface area contributed by atoms with Crippen LogP contribution in [0.3, 0.4) is 0 Å². The zero-order valence-electron chi connectivity index (χ0n) is 7.77. The van der Waals surface area contributed by atoms with Gasteiger partial charge in [-0.15, -0.1) is 0 Å². The molecule has 0 heterocycles. The fourth-order valence-corrected chi connectivity index (χ4v) is 1.67. The van der Waals surface area contributed by atoms with Gasteiger partial charge in [0.25, 0.3) is 0 Å². The molecule has 64 valence electrons. The summed E-state index contributed by atoms with van der Waals surface area (Å²) in [7, 11) is 0. The molecule has 1 fully saturated rings. The molecule has 1 saturated carbocycles. The van der Waals surface area contributed by atoms with Crippen molar-refractivity contribution in [3.63, 3.8) is 0 Å². The molecular formula is C10H19N. The standard InChI is InChI=1S/C10H19N/c1-3-7-11-10-6-4-5-9(2)8-10/h9H,3-8H2,1-2H3. The second-order valence-corrected chi connectivity index (χ2v) is 3.65. The van der Waals surface area contributed by atoms with Crippen molar-refractivity contribution in [2.75, 3.05) is 6.54 Å². The molecule has 0 N–H and O–H groups in total. The highest BCUT2D eigenvalue weighted by Crippen LogP contribution is 2.21. The van der Waals surface area contributed by atoms with E-state index in [4.69, 9.17) is 0 Å². The van der Waals surface area contributed by atoms with Crippen molar-refractivity contribution in [3.8, 4) is 0 Å². The van der Waals surface area contributed by atoms with E-state index in [2.05, 4.69) is 18.8 Å². The highest BCUT2D eigenvalue weighted by molar-refractivity contribution is 5.85. The fourth-order valence-electron chi connectivity index (χ4n) is 1.67. The molecule has 0 saturated heterocycles. The minimum absolute atomic E-state index is 0.888. The average molecular weight is 153 g/mol. The maximum Gasteiger partial charge on any atom is 0.0386 e. The number of hydrogen-bond acceptors (Lipinski definition) is 1.